The maximum atomic E-state index is 12.1. The number of rotatable bonds is 5. The van der Waals surface area contributed by atoms with Crippen LogP contribution in [0.3, 0.4) is 0 Å². The normalized spacial score (nSPS) is 10.4. The lowest BCUT2D eigenvalue weighted by atomic mass is 10.2. The summed E-state index contributed by atoms with van der Waals surface area (Å²) in [5.41, 5.74) is 12.5. The summed E-state index contributed by atoms with van der Waals surface area (Å²) in [4.78, 5) is 28.5. The first-order chi connectivity index (χ1) is 13.7. The van der Waals surface area contributed by atoms with Gasteiger partial charge in [-0.2, -0.15) is 4.98 Å². The van der Waals surface area contributed by atoms with Crippen molar-refractivity contribution in [2.45, 2.75) is 0 Å². The van der Waals surface area contributed by atoms with Crippen molar-refractivity contribution >= 4 is 28.3 Å². The van der Waals surface area contributed by atoms with E-state index in [2.05, 4.69) is 30.8 Å². The van der Waals surface area contributed by atoms with Gasteiger partial charge >= 0.3 is 0 Å². The Bertz CT molecular complexity index is 1130. The van der Waals surface area contributed by atoms with Crippen molar-refractivity contribution in [3.05, 3.63) is 72.9 Å². The maximum absolute atomic E-state index is 12.1. The van der Waals surface area contributed by atoms with Gasteiger partial charge in [0.1, 0.15) is 17.5 Å². The fourth-order valence-corrected chi connectivity index (χ4v) is 2.51. The highest BCUT2D eigenvalue weighted by molar-refractivity contribution is 5.94. The molecule has 3 aromatic heterocycles. The third-order valence-corrected chi connectivity index (χ3v) is 3.87. The number of nitrogens with two attached hydrogens (primary N) is 1. The number of amides is 1. The SMILES string of the molecule is Nc1c(NNC(=O)c2cccnc2)ncnc1Oc1cccc2cccnc12. The third kappa shape index (κ3) is 3.49. The number of ether oxygens (including phenoxy) is 1. The molecule has 1 aromatic carbocycles. The van der Waals surface area contributed by atoms with Crippen LogP contribution < -0.4 is 21.3 Å². The summed E-state index contributed by atoms with van der Waals surface area (Å²) in [6, 6.07) is 12.6. The first-order valence-corrected chi connectivity index (χ1v) is 8.31. The average molecular weight is 373 g/mol. The first-order valence-electron chi connectivity index (χ1n) is 8.31. The predicted octanol–water partition coefficient (Wildman–Crippen LogP) is 2.55. The van der Waals surface area contributed by atoms with E-state index >= 15 is 0 Å². The highest BCUT2D eigenvalue weighted by atomic mass is 16.5. The molecule has 0 aliphatic carbocycles. The smallest absolute Gasteiger partial charge is 0.271 e. The Morgan fingerprint density at radius 1 is 1.00 bits per heavy atom. The molecule has 0 saturated heterocycles. The van der Waals surface area contributed by atoms with Crippen molar-refractivity contribution in [1.82, 2.24) is 25.4 Å². The summed E-state index contributed by atoms with van der Waals surface area (Å²) in [7, 11) is 0. The van der Waals surface area contributed by atoms with Crippen LogP contribution >= 0.6 is 0 Å². The Hall–Kier alpha value is -4.27. The highest BCUT2D eigenvalue weighted by Crippen LogP contribution is 2.32. The maximum Gasteiger partial charge on any atom is 0.271 e. The monoisotopic (exact) mass is 373 g/mol. The van der Waals surface area contributed by atoms with Crippen LogP contribution in [-0.4, -0.2) is 25.8 Å². The van der Waals surface area contributed by atoms with Crippen LogP contribution in [-0.2, 0) is 0 Å². The van der Waals surface area contributed by atoms with E-state index in [9.17, 15) is 4.79 Å². The summed E-state index contributed by atoms with van der Waals surface area (Å²) >= 11 is 0. The van der Waals surface area contributed by atoms with Gasteiger partial charge in [-0.05, 0) is 24.3 Å². The second kappa shape index (κ2) is 7.54. The summed E-state index contributed by atoms with van der Waals surface area (Å²) in [5.74, 6) is 0.474. The Balaban J connectivity index is 1.54. The standard InChI is InChI=1S/C19H15N7O2/c20-15-17(25-26-18(27)13-6-2-8-21-10-13)23-11-24-19(15)28-14-7-1-4-12-5-3-9-22-16(12)14/h1-11H,20H2,(H,26,27)(H,23,24,25). The molecule has 9 nitrogen and oxygen atoms in total. The topological polar surface area (TPSA) is 128 Å². The molecule has 1 amide bonds. The molecule has 4 N–H and O–H groups in total. The molecule has 0 radical (unpaired) electrons. The van der Waals surface area contributed by atoms with Crippen molar-refractivity contribution in [1.29, 1.82) is 0 Å². The molecule has 9 heteroatoms. The van der Waals surface area contributed by atoms with Gasteiger partial charge in [0.05, 0.1) is 5.56 Å². The quantitative estimate of drug-likeness (QED) is 0.455. The Labute approximate surface area is 159 Å². The number of fused-ring (bicyclic) bond motifs is 1. The molecule has 0 atom stereocenters. The summed E-state index contributed by atoms with van der Waals surface area (Å²) in [6.45, 7) is 0. The number of nitrogen functional groups attached to an aromatic ring is 1. The van der Waals surface area contributed by atoms with Crippen molar-refractivity contribution in [3.8, 4) is 11.6 Å². The lowest BCUT2D eigenvalue weighted by Gasteiger charge is -2.13. The lowest BCUT2D eigenvalue weighted by Crippen LogP contribution is -2.30. The van der Waals surface area contributed by atoms with Crippen LogP contribution in [0.5, 0.6) is 11.6 Å². The number of pyridine rings is 2. The number of hydrogen-bond acceptors (Lipinski definition) is 8. The third-order valence-electron chi connectivity index (χ3n) is 3.87. The average Bonchev–Trinajstić information content (AvgIpc) is 2.75. The largest absolute Gasteiger partial charge is 0.435 e. The zero-order chi connectivity index (χ0) is 19.3. The number of aromatic nitrogens is 4. The van der Waals surface area contributed by atoms with Crippen molar-refractivity contribution in [2.75, 3.05) is 11.2 Å². The molecule has 0 fully saturated rings. The summed E-state index contributed by atoms with van der Waals surface area (Å²) in [5, 5.41) is 0.926. The van der Waals surface area contributed by atoms with E-state index in [0.717, 1.165) is 5.39 Å². The lowest BCUT2D eigenvalue weighted by molar-refractivity contribution is 0.0962. The Morgan fingerprint density at radius 2 is 1.86 bits per heavy atom. The van der Waals surface area contributed by atoms with Gasteiger partial charge in [-0.15, -0.1) is 0 Å². The number of hydrazine groups is 1. The van der Waals surface area contributed by atoms with Gasteiger partial charge in [-0.1, -0.05) is 18.2 Å². The minimum Gasteiger partial charge on any atom is -0.435 e. The van der Waals surface area contributed by atoms with Gasteiger partial charge in [0.15, 0.2) is 11.6 Å². The molecule has 4 aromatic rings. The van der Waals surface area contributed by atoms with Gasteiger partial charge in [0.2, 0.25) is 5.88 Å². The van der Waals surface area contributed by atoms with Gasteiger partial charge in [-0.25, -0.2) is 4.98 Å². The molecule has 0 spiro atoms. The predicted molar refractivity (Wildman–Crippen MR) is 104 cm³/mol. The first kappa shape index (κ1) is 17.2. The zero-order valence-electron chi connectivity index (χ0n) is 14.5. The Morgan fingerprint density at radius 3 is 2.71 bits per heavy atom. The highest BCUT2D eigenvalue weighted by Gasteiger charge is 2.13. The zero-order valence-corrected chi connectivity index (χ0v) is 14.5. The van der Waals surface area contributed by atoms with Crippen LogP contribution in [0.1, 0.15) is 10.4 Å². The van der Waals surface area contributed by atoms with E-state index in [4.69, 9.17) is 10.5 Å². The molecule has 4 rings (SSSR count). The van der Waals surface area contributed by atoms with Crippen LogP contribution in [0.4, 0.5) is 11.5 Å². The van der Waals surface area contributed by atoms with E-state index < -0.39 is 0 Å². The van der Waals surface area contributed by atoms with Crippen molar-refractivity contribution in [3.63, 3.8) is 0 Å². The van der Waals surface area contributed by atoms with Crippen LogP contribution in [0.25, 0.3) is 10.9 Å². The molecule has 138 valence electrons. The number of nitrogens with one attached hydrogen (secondary N) is 2. The van der Waals surface area contributed by atoms with E-state index in [1.807, 2.05) is 24.3 Å². The van der Waals surface area contributed by atoms with E-state index in [-0.39, 0.29) is 23.3 Å². The molecule has 0 aliphatic rings. The van der Waals surface area contributed by atoms with Gasteiger partial charge in [0.25, 0.3) is 5.91 Å². The molecule has 28 heavy (non-hydrogen) atoms. The number of carbonyl (C=O) groups excluding carboxylic acids is 1. The van der Waals surface area contributed by atoms with E-state index in [0.29, 0.717) is 16.8 Å². The van der Waals surface area contributed by atoms with E-state index in [1.165, 1.54) is 12.5 Å². The molecule has 0 bridgehead atoms. The molecule has 0 aliphatic heterocycles. The van der Waals surface area contributed by atoms with Crippen LogP contribution in [0.2, 0.25) is 0 Å². The minimum absolute atomic E-state index is 0.141. The summed E-state index contributed by atoms with van der Waals surface area (Å²) < 4.78 is 5.85. The number of benzene rings is 1. The summed E-state index contributed by atoms with van der Waals surface area (Å²) in [6.07, 6.45) is 5.99. The van der Waals surface area contributed by atoms with Gasteiger partial charge in [-0.3, -0.25) is 25.6 Å². The van der Waals surface area contributed by atoms with Crippen molar-refractivity contribution in [2.24, 2.45) is 0 Å². The van der Waals surface area contributed by atoms with Gasteiger partial charge in [0, 0.05) is 24.0 Å². The van der Waals surface area contributed by atoms with E-state index in [1.54, 1.807) is 30.6 Å². The number of para-hydroxylation sites is 1. The molecule has 0 unspecified atom stereocenters. The fraction of sp³-hybridized carbons (Fsp3) is 0. The fourth-order valence-electron chi connectivity index (χ4n) is 2.51. The minimum atomic E-state index is -0.383. The van der Waals surface area contributed by atoms with Crippen LogP contribution in [0.15, 0.2) is 67.4 Å². The van der Waals surface area contributed by atoms with Crippen LogP contribution in [0, 0.1) is 0 Å². The Kier molecular flexibility index (Phi) is 4.62. The number of anilines is 2. The van der Waals surface area contributed by atoms with Crippen molar-refractivity contribution < 1.29 is 9.53 Å². The number of carbonyl (C=O) groups is 1. The number of hydrogen-bond donors (Lipinski definition) is 3. The molecular weight excluding hydrogens is 358 g/mol. The second-order valence-electron chi connectivity index (χ2n) is 5.70. The molecule has 3 heterocycles. The van der Waals surface area contributed by atoms with Gasteiger partial charge < -0.3 is 10.5 Å². The second-order valence-corrected chi connectivity index (χ2v) is 5.70. The molecular formula is C19H15N7O2. The number of nitrogens with zero attached hydrogens (tertiary/aromatic N) is 4. The molecule has 0 saturated carbocycles.